The fourth-order valence-corrected chi connectivity index (χ4v) is 1.87. The average Bonchev–Trinajstić information content (AvgIpc) is 2.70. The van der Waals surface area contributed by atoms with Gasteiger partial charge >= 0.3 is 0 Å². The minimum atomic E-state index is 0.640. The maximum Gasteiger partial charge on any atom is 0.166 e. The Bertz CT molecular complexity index is 365. The summed E-state index contributed by atoms with van der Waals surface area (Å²) in [6, 6.07) is 0. The summed E-state index contributed by atoms with van der Waals surface area (Å²) in [5.41, 5.74) is 6.47. The van der Waals surface area contributed by atoms with Gasteiger partial charge in [0.2, 0.25) is 0 Å². The lowest BCUT2D eigenvalue weighted by molar-refractivity contribution is 0.935. The average molecular weight is 194 g/mol. The summed E-state index contributed by atoms with van der Waals surface area (Å²) in [7, 11) is 0. The summed E-state index contributed by atoms with van der Waals surface area (Å²) in [5, 5.41) is 2.94. The molecule has 0 bridgehead atoms. The number of hydrogen-bond donors (Lipinski definition) is 2. The van der Waals surface area contributed by atoms with Crippen LogP contribution in [0.1, 0.15) is 5.69 Å². The molecule has 0 aliphatic heterocycles. The SMILES string of the molecule is NCCc1csc(-c2ncc[nH]2)n1. The zero-order valence-electron chi connectivity index (χ0n) is 7.03. The first-order chi connectivity index (χ1) is 6.40. The number of aromatic nitrogens is 3. The van der Waals surface area contributed by atoms with Crippen LogP contribution in [0.4, 0.5) is 0 Å². The van der Waals surface area contributed by atoms with E-state index in [2.05, 4.69) is 15.0 Å². The number of nitrogens with two attached hydrogens (primary N) is 1. The molecular formula is C8H10N4S. The summed E-state index contributed by atoms with van der Waals surface area (Å²) < 4.78 is 0. The van der Waals surface area contributed by atoms with Crippen LogP contribution < -0.4 is 5.73 Å². The molecule has 2 rings (SSSR count). The van der Waals surface area contributed by atoms with Crippen LogP contribution in [-0.4, -0.2) is 21.5 Å². The molecule has 4 nitrogen and oxygen atoms in total. The van der Waals surface area contributed by atoms with Crippen molar-refractivity contribution in [2.45, 2.75) is 6.42 Å². The molecule has 5 heteroatoms. The van der Waals surface area contributed by atoms with Crippen molar-refractivity contribution in [2.75, 3.05) is 6.54 Å². The van der Waals surface area contributed by atoms with E-state index < -0.39 is 0 Å². The predicted octanol–water partition coefficient (Wildman–Crippen LogP) is 1.03. The third-order valence-corrected chi connectivity index (χ3v) is 2.55. The number of aromatic amines is 1. The molecule has 2 heterocycles. The second-order valence-electron chi connectivity index (χ2n) is 2.62. The topological polar surface area (TPSA) is 67.6 Å². The Morgan fingerprint density at radius 3 is 3.15 bits per heavy atom. The largest absolute Gasteiger partial charge is 0.343 e. The normalized spacial score (nSPS) is 10.5. The number of hydrogen-bond acceptors (Lipinski definition) is 4. The summed E-state index contributed by atoms with van der Waals surface area (Å²) in [6.07, 6.45) is 4.34. The Morgan fingerprint density at radius 2 is 2.46 bits per heavy atom. The van der Waals surface area contributed by atoms with E-state index in [-0.39, 0.29) is 0 Å². The molecule has 0 spiro atoms. The predicted molar refractivity (Wildman–Crippen MR) is 52.5 cm³/mol. The van der Waals surface area contributed by atoms with Gasteiger partial charge in [-0.1, -0.05) is 0 Å². The molecule has 2 aromatic heterocycles. The number of H-pyrrole nitrogens is 1. The van der Waals surface area contributed by atoms with Gasteiger partial charge in [0.25, 0.3) is 0 Å². The summed E-state index contributed by atoms with van der Waals surface area (Å²) in [5.74, 6) is 0.827. The van der Waals surface area contributed by atoms with Crippen molar-refractivity contribution in [1.82, 2.24) is 15.0 Å². The van der Waals surface area contributed by atoms with E-state index in [0.29, 0.717) is 6.54 Å². The minimum absolute atomic E-state index is 0.640. The molecule has 0 atom stereocenters. The van der Waals surface area contributed by atoms with Crippen molar-refractivity contribution < 1.29 is 0 Å². The molecule has 0 amide bonds. The molecule has 68 valence electrons. The number of nitrogens with one attached hydrogen (secondary N) is 1. The Morgan fingerprint density at radius 1 is 1.54 bits per heavy atom. The maximum atomic E-state index is 5.43. The molecule has 13 heavy (non-hydrogen) atoms. The minimum Gasteiger partial charge on any atom is -0.343 e. The van der Waals surface area contributed by atoms with Crippen LogP contribution in [0.5, 0.6) is 0 Å². The van der Waals surface area contributed by atoms with Crippen molar-refractivity contribution in [2.24, 2.45) is 5.73 Å². The molecule has 0 fully saturated rings. The van der Waals surface area contributed by atoms with E-state index >= 15 is 0 Å². The zero-order chi connectivity index (χ0) is 9.10. The molecule has 0 saturated heterocycles. The van der Waals surface area contributed by atoms with E-state index in [4.69, 9.17) is 5.73 Å². The van der Waals surface area contributed by atoms with Gasteiger partial charge in [0, 0.05) is 24.2 Å². The van der Waals surface area contributed by atoms with E-state index in [1.807, 2.05) is 5.38 Å². The van der Waals surface area contributed by atoms with Crippen molar-refractivity contribution in [3.63, 3.8) is 0 Å². The van der Waals surface area contributed by atoms with E-state index in [1.54, 1.807) is 23.7 Å². The second kappa shape index (κ2) is 3.68. The summed E-state index contributed by atoms with van der Waals surface area (Å²) in [6.45, 7) is 0.640. The van der Waals surface area contributed by atoms with Gasteiger partial charge in [0.1, 0.15) is 0 Å². The third-order valence-electron chi connectivity index (χ3n) is 1.65. The molecule has 0 unspecified atom stereocenters. The lowest BCUT2D eigenvalue weighted by Crippen LogP contribution is -2.02. The highest BCUT2D eigenvalue weighted by molar-refractivity contribution is 7.13. The van der Waals surface area contributed by atoms with Crippen LogP contribution in [0.15, 0.2) is 17.8 Å². The van der Waals surface area contributed by atoms with Gasteiger partial charge in [-0.15, -0.1) is 11.3 Å². The number of imidazole rings is 1. The Balaban J connectivity index is 2.23. The lowest BCUT2D eigenvalue weighted by atomic mass is 10.3. The highest BCUT2D eigenvalue weighted by Gasteiger charge is 2.05. The van der Waals surface area contributed by atoms with Gasteiger partial charge in [-0.25, -0.2) is 9.97 Å². The summed E-state index contributed by atoms with van der Waals surface area (Å²) in [4.78, 5) is 11.5. The molecule has 0 aromatic carbocycles. The van der Waals surface area contributed by atoms with Gasteiger partial charge in [-0.05, 0) is 6.54 Å². The third kappa shape index (κ3) is 1.76. The van der Waals surface area contributed by atoms with Crippen LogP contribution in [0.2, 0.25) is 0 Å². The monoisotopic (exact) mass is 194 g/mol. The Kier molecular flexibility index (Phi) is 2.37. The van der Waals surface area contributed by atoms with Gasteiger partial charge in [-0.3, -0.25) is 0 Å². The number of thiazole rings is 1. The van der Waals surface area contributed by atoms with Gasteiger partial charge in [0.05, 0.1) is 5.69 Å². The highest BCUT2D eigenvalue weighted by Crippen LogP contribution is 2.19. The van der Waals surface area contributed by atoms with Crippen LogP contribution in [-0.2, 0) is 6.42 Å². The van der Waals surface area contributed by atoms with Crippen LogP contribution in [0.3, 0.4) is 0 Å². The van der Waals surface area contributed by atoms with Crippen LogP contribution in [0.25, 0.3) is 10.8 Å². The molecule has 0 radical (unpaired) electrons. The first kappa shape index (κ1) is 8.40. The molecule has 0 saturated carbocycles. The molecule has 3 N–H and O–H groups in total. The van der Waals surface area contributed by atoms with E-state index in [0.717, 1.165) is 22.9 Å². The molecule has 0 aliphatic carbocycles. The molecule has 2 aromatic rings. The Labute approximate surface area is 79.8 Å². The summed E-state index contributed by atoms with van der Waals surface area (Å²) >= 11 is 1.59. The smallest absolute Gasteiger partial charge is 0.166 e. The molecular weight excluding hydrogens is 184 g/mol. The van der Waals surface area contributed by atoms with Gasteiger partial charge in [0.15, 0.2) is 10.8 Å². The van der Waals surface area contributed by atoms with E-state index in [9.17, 15) is 0 Å². The standard InChI is InChI=1S/C8H10N4S/c9-2-1-6-5-13-8(12-6)7-10-3-4-11-7/h3-5H,1-2,9H2,(H,10,11). The maximum absolute atomic E-state index is 5.43. The Hall–Kier alpha value is -1.20. The number of nitrogens with zero attached hydrogens (tertiary/aromatic N) is 2. The van der Waals surface area contributed by atoms with Crippen molar-refractivity contribution in [3.8, 4) is 10.8 Å². The first-order valence-corrected chi connectivity index (χ1v) is 4.92. The van der Waals surface area contributed by atoms with Crippen molar-refractivity contribution in [3.05, 3.63) is 23.5 Å². The van der Waals surface area contributed by atoms with Crippen LogP contribution >= 0.6 is 11.3 Å². The van der Waals surface area contributed by atoms with Gasteiger partial charge in [-0.2, -0.15) is 0 Å². The molecule has 0 aliphatic rings. The quantitative estimate of drug-likeness (QED) is 0.767. The fourth-order valence-electron chi connectivity index (χ4n) is 1.06. The zero-order valence-corrected chi connectivity index (χ0v) is 7.84. The second-order valence-corrected chi connectivity index (χ2v) is 3.48. The first-order valence-electron chi connectivity index (χ1n) is 4.04. The van der Waals surface area contributed by atoms with Crippen LogP contribution in [0, 0.1) is 0 Å². The van der Waals surface area contributed by atoms with Crippen molar-refractivity contribution in [1.29, 1.82) is 0 Å². The van der Waals surface area contributed by atoms with E-state index in [1.165, 1.54) is 0 Å². The highest BCUT2D eigenvalue weighted by atomic mass is 32.1. The fraction of sp³-hybridized carbons (Fsp3) is 0.250. The van der Waals surface area contributed by atoms with Crippen molar-refractivity contribution >= 4 is 11.3 Å². The van der Waals surface area contributed by atoms with Gasteiger partial charge < -0.3 is 10.7 Å². The number of rotatable bonds is 3. The lowest BCUT2D eigenvalue weighted by Gasteiger charge is -1.89.